The van der Waals surface area contributed by atoms with Gasteiger partial charge in [-0.05, 0) is 51.3 Å². The summed E-state index contributed by atoms with van der Waals surface area (Å²) in [6.07, 6.45) is 1.36. The Kier molecular flexibility index (Phi) is 8.38. The molecule has 1 aromatic rings. The van der Waals surface area contributed by atoms with Crippen molar-refractivity contribution in [1.29, 1.82) is 0 Å². The van der Waals surface area contributed by atoms with Crippen molar-refractivity contribution in [3.63, 3.8) is 0 Å². The van der Waals surface area contributed by atoms with Crippen LogP contribution in [0.2, 0.25) is 5.02 Å². The molecule has 1 N–H and O–H groups in total. The fraction of sp³-hybridized carbons (Fsp3) is 0.650. The first-order chi connectivity index (χ1) is 12.0. The molecule has 0 saturated carbocycles. The lowest BCUT2D eigenvalue weighted by Crippen LogP contribution is -2.43. The van der Waals surface area contributed by atoms with E-state index in [-0.39, 0.29) is 11.5 Å². The van der Waals surface area contributed by atoms with Gasteiger partial charge in [-0.1, -0.05) is 25.4 Å². The topological polar surface area (TPSA) is 56.8 Å². The average molecular weight is 386 g/mol. The van der Waals surface area contributed by atoms with Gasteiger partial charge < -0.3 is 19.5 Å². The third-order valence-corrected chi connectivity index (χ3v) is 4.73. The van der Waals surface area contributed by atoms with Crippen LogP contribution in [0.5, 0.6) is 5.75 Å². The summed E-state index contributed by atoms with van der Waals surface area (Å²) in [7, 11) is 3.23. The summed E-state index contributed by atoms with van der Waals surface area (Å²) in [6, 6.07) is 5.21. The molecule has 5 nitrogen and oxygen atoms in total. The molecule has 0 aliphatic carbocycles. The number of hydrogen-bond acceptors (Lipinski definition) is 4. The molecule has 1 atom stereocenters. The zero-order valence-corrected chi connectivity index (χ0v) is 17.7. The van der Waals surface area contributed by atoms with Crippen LogP contribution >= 0.6 is 11.6 Å². The molecule has 1 unspecified atom stereocenters. The predicted molar refractivity (Wildman–Crippen MR) is 106 cm³/mol. The van der Waals surface area contributed by atoms with Crippen LogP contribution in [-0.2, 0) is 14.3 Å². The highest BCUT2D eigenvalue weighted by atomic mass is 35.5. The maximum atomic E-state index is 12.6. The molecule has 0 fully saturated rings. The fourth-order valence-corrected chi connectivity index (χ4v) is 2.75. The minimum Gasteiger partial charge on any atom is -0.492 e. The molecule has 0 spiro atoms. The molecule has 0 aliphatic heterocycles. The van der Waals surface area contributed by atoms with Gasteiger partial charge in [0.1, 0.15) is 11.4 Å². The van der Waals surface area contributed by atoms with Gasteiger partial charge in [-0.3, -0.25) is 4.79 Å². The summed E-state index contributed by atoms with van der Waals surface area (Å²) in [5.41, 5.74) is -0.528. The van der Waals surface area contributed by atoms with E-state index in [2.05, 4.69) is 19.2 Å². The Morgan fingerprint density at radius 3 is 2.35 bits per heavy atom. The van der Waals surface area contributed by atoms with E-state index in [4.69, 9.17) is 25.8 Å². The maximum absolute atomic E-state index is 12.6. The van der Waals surface area contributed by atoms with Crippen LogP contribution < -0.4 is 10.1 Å². The van der Waals surface area contributed by atoms with Crippen LogP contribution in [0.1, 0.15) is 47.5 Å². The lowest BCUT2D eigenvalue weighted by molar-refractivity contribution is -0.137. The number of amides is 1. The highest BCUT2D eigenvalue weighted by molar-refractivity contribution is 6.32. The molecule has 0 aliphatic rings. The minimum absolute atomic E-state index is 0.194. The summed E-state index contributed by atoms with van der Waals surface area (Å²) in [5.74, 6) is 0.718. The molecule has 26 heavy (non-hydrogen) atoms. The second kappa shape index (κ2) is 9.58. The first kappa shape index (κ1) is 22.7. The standard InChI is InChI=1S/C20H32ClNO4/c1-14(2)13-20(5,25-7)18(23)22-15-8-9-17(16(21)12-15)26-11-10-19(3,4)24-6/h8-9,12,14H,10-11,13H2,1-7H3,(H,22,23). The van der Waals surface area contributed by atoms with Crippen molar-refractivity contribution >= 4 is 23.2 Å². The number of hydrogen-bond donors (Lipinski definition) is 1. The monoisotopic (exact) mass is 385 g/mol. The molecule has 0 radical (unpaired) electrons. The normalized spacial score (nSPS) is 14.2. The molecular formula is C20H32ClNO4. The highest BCUT2D eigenvalue weighted by Crippen LogP contribution is 2.29. The van der Waals surface area contributed by atoms with Gasteiger partial charge in [-0.15, -0.1) is 0 Å². The Hall–Kier alpha value is -1.30. The first-order valence-corrected chi connectivity index (χ1v) is 9.25. The molecule has 0 bridgehead atoms. The van der Waals surface area contributed by atoms with E-state index >= 15 is 0 Å². The van der Waals surface area contributed by atoms with Gasteiger partial charge in [-0.2, -0.15) is 0 Å². The number of ether oxygens (including phenoxy) is 3. The molecule has 1 aromatic carbocycles. The zero-order chi connectivity index (χ0) is 20.0. The summed E-state index contributed by atoms with van der Waals surface area (Å²) in [5, 5.41) is 3.32. The van der Waals surface area contributed by atoms with Crippen LogP contribution in [-0.4, -0.2) is 37.9 Å². The maximum Gasteiger partial charge on any atom is 0.256 e. The van der Waals surface area contributed by atoms with Crippen LogP contribution in [0.25, 0.3) is 0 Å². The van der Waals surface area contributed by atoms with Crippen molar-refractivity contribution < 1.29 is 19.0 Å². The smallest absolute Gasteiger partial charge is 0.256 e. The number of nitrogens with one attached hydrogen (secondary N) is 1. The molecule has 0 heterocycles. The van der Waals surface area contributed by atoms with Crippen molar-refractivity contribution in [1.82, 2.24) is 0 Å². The van der Waals surface area contributed by atoms with Gasteiger partial charge >= 0.3 is 0 Å². The quantitative estimate of drug-likeness (QED) is 0.620. The van der Waals surface area contributed by atoms with E-state index < -0.39 is 5.60 Å². The van der Waals surface area contributed by atoms with Crippen LogP contribution in [0.3, 0.4) is 0 Å². The van der Waals surface area contributed by atoms with Gasteiger partial charge in [0.25, 0.3) is 5.91 Å². The highest BCUT2D eigenvalue weighted by Gasteiger charge is 2.34. The van der Waals surface area contributed by atoms with E-state index in [1.54, 1.807) is 39.3 Å². The number of rotatable bonds is 10. The minimum atomic E-state index is -0.887. The number of carbonyl (C=O) groups is 1. The third-order valence-electron chi connectivity index (χ3n) is 4.43. The fourth-order valence-electron chi connectivity index (χ4n) is 2.52. The molecule has 1 rings (SSSR count). The Bertz CT molecular complexity index is 603. The molecule has 148 valence electrons. The number of halogens is 1. The SMILES string of the molecule is COC(C)(C)CCOc1ccc(NC(=O)C(C)(CC(C)C)OC)cc1Cl. The predicted octanol–water partition coefficient (Wildman–Crippen LogP) is 4.92. The van der Waals surface area contributed by atoms with Gasteiger partial charge in [0.2, 0.25) is 0 Å². The second-order valence-electron chi connectivity index (χ2n) is 7.69. The number of anilines is 1. The zero-order valence-electron chi connectivity index (χ0n) is 16.9. The number of benzene rings is 1. The molecular weight excluding hydrogens is 354 g/mol. The molecule has 0 aromatic heterocycles. The van der Waals surface area contributed by atoms with Crippen molar-refractivity contribution in [3.05, 3.63) is 23.2 Å². The van der Waals surface area contributed by atoms with E-state index in [1.807, 2.05) is 13.8 Å². The Morgan fingerprint density at radius 2 is 1.85 bits per heavy atom. The van der Waals surface area contributed by atoms with E-state index in [0.29, 0.717) is 35.4 Å². The Balaban J connectivity index is 2.73. The van der Waals surface area contributed by atoms with E-state index in [0.717, 1.165) is 6.42 Å². The summed E-state index contributed by atoms with van der Waals surface area (Å²) < 4.78 is 16.5. The lowest BCUT2D eigenvalue weighted by Gasteiger charge is -2.28. The van der Waals surface area contributed by atoms with E-state index in [9.17, 15) is 4.79 Å². The summed E-state index contributed by atoms with van der Waals surface area (Å²) in [4.78, 5) is 12.6. The van der Waals surface area contributed by atoms with Crippen molar-refractivity contribution in [2.75, 3.05) is 26.1 Å². The van der Waals surface area contributed by atoms with Crippen LogP contribution in [0.15, 0.2) is 18.2 Å². The number of methoxy groups -OCH3 is 2. The number of carbonyl (C=O) groups excluding carboxylic acids is 1. The van der Waals surface area contributed by atoms with Crippen molar-refractivity contribution in [3.8, 4) is 5.75 Å². The lowest BCUT2D eigenvalue weighted by atomic mass is 9.93. The first-order valence-electron chi connectivity index (χ1n) is 8.87. The Labute approximate surface area is 162 Å². The van der Waals surface area contributed by atoms with Crippen LogP contribution in [0, 0.1) is 5.92 Å². The summed E-state index contributed by atoms with van der Waals surface area (Å²) >= 11 is 6.29. The third kappa shape index (κ3) is 6.78. The van der Waals surface area contributed by atoms with Crippen molar-refractivity contribution in [2.24, 2.45) is 5.92 Å². The molecule has 6 heteroatoms. The largest absolute Gasteiger partial charge is 0.492 e. The van der Waals surface area contributed by atoms with Gasteiger partial charge in [0.15, 0.2) is 0 Å². The van der Waals surface area contributed by atoms with E-state index in [1.165, 1.54) is 0 Å². The van der Waals surface area contributed by atoms with Crippen LogP contribution in [0.4, 0.5) is 5.69 Å². The van der Waals surface area contributed by atoms with Gasteiger partial charge in [0.05, 0.1) is 17.2 Å². The van der Waals surface area contributed by atoms with Crippen molar-refractivity contribution in [2.45, 2.75) is 58.7 Å². The van der Waals surface area contributed by atoms with Gasteiger partial charge in [0, 0.05) is 26.3 Å². The van der Waals surface area contributed by atoms with Gasteiger partial charge in [-0.25, -0.2) is 0 Å². The molecule has 0 saturated heterocycles. The average Bonchev–Trinajstić information content (AvgIpc) is 2.56. The molecule has 1 amide bonds. The summed E-state index contributed by atoms with van der Waals surface area (Å²) in [6.45, 7) is 10.4. The second-order valence-corrected chi connectivity index (χ2v) is 8.10. The Morgan fingerprint density at radius 1 is 1.19 bits per heavy atom.